The number of hydrogen-bond acceptors (Lipinski definition) is 4. The van der Waals surface area contributed by atoms with E-state index in [1.807, 2.05) is 24.8 Å². The summed E-state index contributed by atoms with van der Waals surface area (Å²) in [6.45, 7) is 4.89. The molecule has 5 heteroatoms. The summed E-state index contributed by atoms with van der Waals surface area (Å²) in [5.41, 5.74) is 1.54. The van der Waals surface area contributed by atoms with Crippen molar-refractivity contribution in [2.45, 2.75) is 20.3 Å². The van der Waals surface area contributed by atoms with Crippen molar-refractivity contribution in [2.75, 3.05) is 18.0 Å². The van der Waals surface area contributed by atoms with Crippen molar-refractivity contribution >= 4 is 11.4 Å². The molecule has 0 aliphatic heterocycles. The van der Waals surface area contributed by atoms with E-state index in [1.54, 1.807) is 12.1 Å². The van der Waals surface area contributed by atoms with E-state index in [0.717, 1.165) is 5.56 Å². The summed E-state index contributed by atoms with van der Waals surface area (Å²) in [5, 5.41) is 19.6. The van der Waals surface area contributed by atoms with Crippen molar-refractivity contribution in [1.82, 2.24) is 0 Å². The van der Waals surface area contributed by atoms with Gasteiger partial charge in [0, 0.05) is 19.2 Å². The number of hydrogen-bond donors (Lipinski definition) is 0. The van der Waals surface area contributed by atoms with Crippen LogP contribution in [0.2, 0.25) is 0 Å². The maximum absolute atomic E-state index is 11.0. The van der Waals surface area contributed by atoms with E-state index in [-0.39, 0.29) is 10.6 Å². The van der Waals surface area contributed by atoms with Gasteiger partial charge in [0.1, 0.15) is 5.69 Å². The maximum Gasteiger partial charge on any atom is 0.292 e. The monoisotopic (exact) mass is 233 g/mol. The highest BCUT2D eigenvalue weighted by Gasteiger charge is 2.18. The predicted molar refractivity (Wildman–Crippen MR) is 66.0 cm³/mol. The van der Waals surface area contributed by atoms with Gasteiger partial charge in [0.25, 0.3) is 5.69 Å². The zero-order valence-corrected chi connectivity index (χ0v) is 10.0. The van der Waals surface area contributed by atoms with E-state index < -0.39 is 0 Å². The minimum absolute atomic E-state index is 0.102. The molecule has 0 aromatic heterocycles. The van der Waals surface area contributed by atoms with Crippen LogP contribution >= 0.6 is 0 Å². The third kappa shape index (κ3) is 3.18. The lowest BCUT2D eigenvalue weighted by molar-refractivity contribution is -0.384. The summed E-state index contributed by atoms with van der Waals surface area (Å²) in [6.07, 6.45) is 0.360. The second-order valence-electron chi connectivity index (χ2n) is 3.74. The quantitative estimate of drug-likeness (QED) is 0.579. The van der Waals surface area contributed by atoms with Gasteiger partial charge >= 0.3 is 0 Å². The molecule has 1 aromatic carbocycles. The van der Waals surface area contributed by atoms with Crippen LogP contribution < -0.4 is 4.90 Å². The third-order valence-electron chi connectivity index (χ3n) is 2.54. The van der Waals surface area contributed by atoms with Gasteiger partial charge < -0.3 is 4.90 Å². The minimum Gasteiger partial charge on any atom is -0.365 e. The Morgan fingerprint density at radius 2 is 2.24 bits per heavy atom. The number of anilines is 1. The lowest BCUT2D eigenvalue weighted by Crippen LogP contribution is -2.24. The lowest BCUT2D eigenvalue weighted by atomic mass is 10.1. The maximum atomic E-state index is 11.0. The first-order chi connectivity index (χ1) is 8.10. The molecule has 0 aliphatic rings. The SMILES string of the molecule is CCN(CCC#N)c1ccc(C)cc1[N+](=O)[O-]. The molecule has 0 fully saturated rings. The first-order valence-corrected chi connectivity index (χ1v) is 5.47. The standard InChI is InChI=1S/C12H15N3O2/c1-3-14(8-4-7-13)11-6-5-10(2)9-12(11)15(16)17/h5-6,9H,3-4,8H2,1-2H3. The number of rotatable bonds is 5. The van der Waals surface area contributed by atoms with Gasteiger partial charge in [-0.3, -0.25) is 10.1 Å². The van der Waals surface area contributed by atoms with Crippen LogP contribution in [0, 0.1) is 28.4 Å². The zero-order valence-electron chi connectivity index (χ0n) is 10.0. The summed E-state index contributed by atoms with van der Waals surface area (Å²) < 4.78 is 0. The summed E-state index contributed by atoms with van der Waals surface area (Å²) in [7, 11) is 0. The first kappa shape index (κ1) is 13.0. The van der Waals surface area contributed by atoms with Gasteiger partial charge in [-0.25, -0.2) is 0 Å². The van der Waals surface area contributed by atoms with Crippen molar-refractivity contribution < 1.29 is 4.92 Å². The van der Waals surface area contributed by atoms with E-state index in [0.29, 0.717) is 25.2 Å². The molecular weight excluding hydrogens is 218 g/mol. The molecule has 0 amide bonds. The highest BCUT2D eigenvalue weighted by Crippen LogP contribution is 2.29. The second kappa shape index (κ2) is 5.85. The number of benzene rings is 1. The van der Waals surface area contributed by atoms with E-state index in [2.05, 4.69) is 6.07 Å². The largest absolute Gasteiger partial charge is 0.365 e. The Morgan fingerprint density at radius 3 is 2.76 bits per heavy atom. The Kier molecular flexibility index (Phi) is 4.46. The van der Waals surface area contributed by atoms with E-state index in [9.17, 15) is 10.1 Å². The second-order valence-corrected chi connectivity index (χ2v) is 3.74. The third-order valence-corrected chi connectivity index (χ3v) is 2.54. The Labute approximate surface area is 100 Å². The molecular formula is C12H15N3O2. The fourth-order valence-electron chi connectivity index (χ4n) is 1.68. The van der Waals surface area contributed by atoms with Crippen LogP contribution in [0.5, 0.6) is 0 Å². The molecule has 1 aromatic rings. The average Bonchev–Trinajstić information content (AvgIpc) is 2.31. The van der Waals surface area contributed by atoms with E-state index in [4.69, 9.17) is 5.26 Å². The van der Waals surface area contributed by atoms with Gasteiger partial charge in [-0.1, -0.05) is 6.07 Å². The summed E-state index contributed by atoms with van der Waals surface area (Å²) in [5.74, 6) is 0. The van der Waals surface area contributed by atoms with Crippen LogP contribution in [0.1, 0.15) is 18.9 Å². The smallest absolute Gasteiger partial charge is 0.292 e. The highest BCUT2D eigenvalue weighted by molar-refractivity contribution is 5.64. The summed E-state index contributed by atoms with van der Waals surface area (Å²) in [6, 6.07) is 7.20. The van der Waals surface area contributed by atoms with Crippen molar-refractivity contribution in [3.63, 3.8) is 0 Å². The normalized spacial score (nSPS) is 9.71. The van der Waals surface area contributed by atoms with Crippen LogP contribution in [0.3, 0.4) is 0 Å². The van der Waals surface area contributed by atoms with Gasteiger partial charge in [0.15, 0.2) is 0 Å². The molecule has 0 radical (unpaired) electrons. The van der Waals surface area contributed by atoms with Crippen molar-refractivity contribution in [3.8, 4) is 6.07 Å². The Bertz CT molecular complexity index is 452. The zero-order chi connectivity index (χ0) is 12.8. The predicted octanol–water partition coefficient (Wildman–Crippen LogP) is 2.64. The average molecular weight is 233 g/mol. The van der Waals surface area contributed by atoms with Crippen molar-refractivity contribution in [3.05, 3.63) is 33.9 Å². The van der Waals surface area contributed by atoms with Crippen LogP contribution in [-0.4, -0.2) is 18.0 Å². The van der Waals surface area contributed by atoms with E-state index in [1.165, 1.54) is 0 Å². The lowest BCUT2D eigenvalue weighted by Gasteiger charge is -2.21. The molecule has 17 heavy (non-hydrogen) atoms. The van der Waals surface area contributed by atoms with E-state index >= 15 is 0 Å². The number of nitrogens with zero attached hydrogens (tertiary/aromatic N) is 3. The van der Waals surface area contributed by atoms with Gasteiger partial charge in [0.2, 0.25) is 0 Å². The van der Waals surface area contributed by atoms with Crippen LogP contribution in [0.15, 0.2) is 18.2 Å². The first-order valence-electron chi connectivity index (χ1n) is 5.47. The molecule has 5 nitrogen and oxygen atoms in total. The topological polar surface area (TPSA) is 70.2 Å². The van der Waals surface area contributed by atoms with Crippen molar-refractivity contribution in [1.29, 1.82) is 5.26 Å². The molecule has 90 valence electrons. The molecule has 0 spiro atoms. The Morgan fingerprint density at radius 1 is 1.53 bits per heavy atom. The van der Waals surface area contributed by atoms with Gasteiger partial charge in [-0.2, -0.15) is 5.26 Å². The molecule has 0 saturated heterocycles. The Balaban J connectivity index is 3.10. The summed E-state index contributed by atoms with van der Waals surface area (Å²) in [4.78, 5) is 12.5. The highest BCUT2D eigenvalue weighted by atomic mass is 16.6. The molecule has 0 bridgehead atoms. The molecule has 0 saturated carbocycles. The number of nitro groups is 1. The molecule has 0 aliphatic carbocycles. The molecule has 0 N–H and O–H groups in total. The number of aryl methyl sites for hydroxylation is 1. The Hall–Kier alpha value is -2.09. The van der Waals surface area contributed by atoms with Gasteiger partial charge in [-0.15, -0.1) is 0 Å². The van der Waals surface area contributed by atoms with Crippen LogP contribution in [0.25, 0.3) is 0 Å². The fraction of sp³-hybridized carbons (Fsp3) is 0.417. The van der Waals surface area contributed by atoms with Gasteiger partial charge in [-0.05, 0) is 25.5 Å². The van der Waals surface area contributed by atoms with Gasteiger partial charge in [0.05, 0.1) is 17.4 Å². The molecule has 0 atom stereocenters. The number of nitro benzene ring substituents is 1. The van der Waals surface area contributed by atoms with Crippen molar-refractivity contribution in [2.24, 2.45) is 0 Å². The molecule has 0 heterocycles. The fourth-order valence-corrected chi connectivity index (χ4v) is 1.68. The van der Waals surface area contributed by atoms with Crippen LogP contribution in [-0.2, 0) is 0 Å². The van der Waals surface area contributed by atoms with Crippen LogP contribution in [0.4, 0.5) is 11.4 Å². The number of nitriles is 1. The minimum atomic E-state index is -0.378. The summed E-state index contributed by atoms with van der Waals surface area (Å²) >= 11 is 0. The molecule has 0 unspecified atom stereocenters. The molecule has 1 rings (SSSR count).